The second-order valence-corrected chi connectivity index (χ2v) is 8.37. The van der Waals surface area contributed by atoms with E-state index in [0.717, 1.165) is 28.1 Å². The molecule has 0 saturated heterocycles. The number of nitrogens with one attached hydrogen (secondary N) is 1. The first kappa shape index (κ1) is 21.0. The summed E-state index contributed by atoms with van der Waals surface area (Å²) in [4.78, 5) is 4.63. The van der Waals surface area contributed by atoms with Gasteiger partial charge in [-0.15, -0.1) is 16.8 Å². The van der Waals surface area contributed by atoms with Crippen molar-refractivity contribution in [3.05, 3.63) is 103 Å². The fourth-order valence-corrected chi connectivity index (χ4v) is 4.01. The zero-order valence-corrected chi connectivity index (χ0v) is 18.7. The van der Waals surface area contributed by atoms with Gasteiger partial charge in [0.1, 0.15) is 12.4 Å². The molecule has 164 valence electrons. The molecule has 33 heavy (non-hydrogen) atoms. The zero-order valence-electron chi connectivity index (χ0n) is 17.8. The van der Waals surface area contributed by atoms with E-state index in [1.165, 1.54) is 11.8 Å². The summed E-state index contributed by atoms with van der Waals surface area (Å²) in [5, 5.41) is 12.7. The van der Waals surface area contributed by atoms with Gasteiger partial charge in [-0.05, 0) is 23.8 Å². The van der Waals surface area contributed by atoms with E-state index in [1.807, 2.05) is 78.9 Å². The lowest BCUT2D eigenvalue weighted by molar-refractivity contribution is 0.224. The largest absolute Gasteiger partial charge is 0.489 e. The molecule has 7 heteroatoms. The molecular formula is C26H22N4O2S. The standard InChI is InChI=1S/C26H22N4O2S/c1-2-15-33-26-28-25-23(29-30-26)21-13-6-7-14-22(21)27-24(32-25)19-11-8-12-20(16-19)31-17-18-9-4-3-5-10-18/h2-14,16,24,27H,1,15,17H2. The van der Waals surface area contributed by atoms with E-state index in [-0.39, 0.29) is 0 Å². The molecule has 3 aromatic carbocycles. The molecule has 1 aliphatic rings. The van der Waals surface area contributed by atoms with Crippen LogP contribution in [-0.4, -0.2) is 20.9 Å². The first-order chi connectivity index (χ1) is 16.3. The van der Waals surface area contributed by atoms with E-state index in [1.54, 1.807) is 6.08 Å². The maximum absolute atomic E-state index is 6.34. The summed E-state index contributed by atoms with van der Waals surface area (Å²) in [5.41, 5.74) is 4.44. The molecule has 6 nitrogen and oxygen atoms in total. The lowest BCUT2D eigenvalue weighted by atomic mass is 10.1. The zero-order chi connectivity index (χ0) is 22.5. The van der Waals surface area contributed by atoms with Gasteiger partial charge in [0.15, 0.2) is 11.9 Å². The number of hydrogen-bond acceptors (Lipinski definition) is 7. The fraction of sp³-hybridized carbons (Fsp3) is 0.115. The molecule has 1 aliphatic heterocycles. The smallest absolute Gasteiger partial charge is 0.247 e. The number of nitrogens with zero attached hydrogens (tertiary/aromatic N) is 3. The SMILES string of the molecule is C=CCSc1nnc2c(n1)OC(c1cccc(OCc3ccccc3)c1)Nc1ccccc1-2. The molecule has 5 rings (SSSR count). The minimum absolute atomic E-state index is 0.439. The van der Waals surface area contributed by atoms with Crippen LogP contribution in [0.5, 0.6) is 11.6 Å². The highest BCUT2D eigenvalue weighted by Gasteiger charge is 2.26. The van der Waals surface area contributed by atoms with Crippen molar-refractivity contribution in [1.82, 2.24) is 15.2 Å². The van der Waals surface area contributed by atoms with Crippen LogP contribution < -0.4 is 14.8 Å². The van der Waals surface area contributed by atoms with Gasteiger partial charge < -0.3 is 14.8 Å². The maximum atomic E-state index is 6.34. The van der Waals surface area contributed by atoms with Gasteiger partial charge in [-0.3, -0.25) is 0 Å². The molecule has 0 spiro atoms. The summed E-state index contributed by atoms with van der Waals surface area (Å²) in [6.07, 6.45) is 1.34. The minimum Gasteiger partial charge on any atom is -0.489 e. The molecule has 1 unspecified atom stereocenters. The Labute approximate surface area is 196 Å². The Balaban J connectivity index is 1.45. The van der Waals surface area contributed by atoms with Crippen molar-refractivity contribution in [3.63, 3.8) is 0 Å². The second-order valence-electron chi connectivity index (χ2n) is 7.38. The number of hydrogen-bond donors (Lipinski definition) is 1. The lowest BCUT2D eigenvalue weighted by Crippen LogP contribution is -2.17. The van der Waals surface area contributed by atoms with E-state index in [4.69, 9.17) is 9.47 Å². The van der Waals surface area contributed by atoms with Crippen molar-refractivity contribution in [2.24, 2.45) is 0 Å². The van der Waals surface area contributed by atoms with Crippen molar-refractivity contribution in [2.75, 3.05) is 11.1 Å². The molecule has 0 radical (unpaired) electrons. The van der Waals surface area contributed by atoms with Crippen LogP contribution >= 0.6 is 11.8 Å². The highest BCUT2D eigenvalue weighted by atomic mass is 32.2. The third-order valence-electron chi connectivity index (χ3n) is 5.07. The van der Waals surface area contributed by atoms with Gasteiger partial charge in [0, 0.05) is 22.6 Å². The molecule has 0 bridgehead atoms. The molecule has 0 fully saturated rings. The first-order valence-corrected chi connectivity index (χ1v) is 11.6. The number of fused-ring (bicyclic) bond motifs is 3. The van der Waals surface area contributed by atoms with Crippen LogP contribution in [-0.2, 0) is 6.61 Å². The third kappa shape index (κ3) is 4.83. The van der Waals surface area contributed by atoms with Crippen molar-refractivity contribution < 1.29 is 9.47 Å². The van der Waals surface area contributed by atoms with Gasteiger partial charge in [0.05, 0.1) is 0 Å². The molecule has 0 saturated carbocycles. The third-order valence-corrected chi connectivity index (χ3v) is 5.91. The Morgan fingerprint density at radius 1 is 1.00 bits per heavy atom. The van der Waals surface area contributed by atoms with E-state index in [0.29, 0.717) is 29.1 Å². The predicted molar refractivity (Wildman–Crippen MR) is 130 cm³/mol. The number of anilines is 1. The normalized spacial score (nSPS) is 14.1. The topological polar surface area (TPSA) is 69.2 Å². The average Bonchev–Trinajstić information content (AvgIpc) is 3.03. The van der Waals surface area contributed by atoms with Gasteiger partial charge in [0.2, 0.25) is 11.0 Å². The first-order valence-electron chi connectivity index (χ1n) is 10.6. The molecule has 1 aromatic heterocycles. The van der Waals surface area contributed by atoms with E-state index >= 15 is 0 Å². The summed E-state index contributed by atoms with van der Waals surface area (Å²) in [5.74, 6) is 1.90. The number of para-hydroxylation sites is 1. The van der Waals surface area contributed by atoms with Gasteiger partial charge in [-0.1, -0.05) is 78.5 Å². The summed E-state index contributed by atoms with van der Waals surface area (Å²) in [6.45, 7) is 4.25. The van der Waals surface area contributed by atoms with Crippen molar-refractivity contribution >= 4 is 17.4 Å². The molecule has 4 aromatic rings. The average molecular weight is 455 g/mol. The summed E-state index contributed by atoms with van der Waals surface area (Å²) >= 11 is 1.46. The van der Waals surface area contributed by atoms with E-state index in [2.05, 4.69) is 27.1 Å². The number of benzene rings is 3. The molecular weight excluding hydrogens is 432 g/mol. The molecule has 0 amide bonds. The molecule has 1 atom stereocenters. The van der Waals surface area contributed by atoms with Crippen LogP contribution in [0.4, 0.5) is 5.69 Å². The Bertz CT molecular complexity index is 1270. The van der Waals surface area contributed by atoms with Crippen LogP contribution in [0.15, 0.2) is 96.7 Å². The van der Waals surface area contributed by atoms with Crippen molar-refractivity contribution in [2.45, 2.75) is 18.0 Å². The van der Waals surface area contributed by atoms with Crippen LogP contribution in [0.2, 0.25) is 0 Å². The quantitative estimate of drug-likeness (QED) is 0.275. The Morgan fingerprint density at radius 2 is 1.85 bits per heavy atom. The van der Waals surface area contributed by atoms with Gasteiger partial charge in [0.25, 0.3) is 0 Å². The molecule has 0 aliphatic carbocycles. The van der Waals surface area contributed by atoms with Crippen molar-refractivity contribution in [3.8, 4) is 22.9 Å². The molecule has 2 heterocycles. The summed E-state index contributed by atoms with van der Waals surface area (Å²) < 4.78 is 12.4. The highest BCUT2D eigenvalue weighted by Crippen LogP contribution is 2.39. The van der Waals surface area contributed by atoms with Crippen LogP contribution in [0.1, 0.15) is 17.4 Å². The maximum Gasteiger partial charge on any atom is 0.247 e. The number of aromatic nitrogens is 3. The highest BCUT2D eigenvalue weighted by molar-refractivity contribution is 7.99. The second kappa shape index (κ2) is 9.75. The Kier molecular flexibility index (Phi) is 6.21. The molecule has 1 N–H and O–H groups in total. The Morgan fingerprint density at radius 3 is 2.73 bits per heavy atom. The van der Waals surface area contributed by atoms with Crippen LogP contribution in [0.3, 0.4) is 0 Å². The number of rotatable bonds is 7. The monoisotopic (exact) mass is 454 g/mol. The summed E-state index contributed by atoms with van der Waals surface area (Å²) in [6, 6.07) is 25.9. The van der Waals surface area contributed by atoms with E-state index in [9.17, 15) is 0 Å². The van der Waals surface area contributed by atoms with E-state index < -0.39 is 6.23 Å². The van der Waals surface area contributed by atoms with Gasteiger partial charge in [-0.25, -0.2) is 0 Å². The van der Waals surface area contributed by atoms with Crippen molar-refractivity contribution in [1.29, 1.82) is 0 Å². The van der Waals surface area contributed by atoms with Crippen LogP contribution in [0.25, 0.3) is 11.3 Å². The predicted octanol–water partition coefficient (Wildman–Crippen LogP) is 5.90. The number of thioether (sulfide) groups is 1. The fourth-order valence-electron chi connectivity index (χ4n) is 3.50. The van der Waals surface area contributed by atoms with Gasteiger partial charge >= 0.3 is 0 Å². The summed E-state index contributed by atoms with van der Waals surface area (Å²) in [7, 11) is 0. The van der Waals surface area contributed by atoms with Gasteiger partial charge in [-0.2, -0.15) is 4.98 Å². The Hall–Kier alpha value is -3.84. The van der Waals surface area contributed by atoms with Crippen LogP contribution in [0, 0.1) is 0 Å². The minimum atomic E-state index is -0.471. The number of ether oxygens (including phenoxy) is 2. The lowest BCUT2D eigenvalue weighted by Gasteiger charge is -2.20.